The van der Waals surface area contributed by atoms with Crippen LogP contribution in [0.5, 0.6) is 0 Å². The second kappa shape index (κ2) is 5.38. The Balaban J connectivity index is 1.72. The molecular formula is C14H19N5. The van der Waals surface area contributed by atoms with Crippen molar-refractivity contribution in [2.45, 2.75) is 45.7 Å². The Morgan fingerprint density at radius 3 is 3.11 bits per heavy atom. The lowest BCUT2D eigenvalue weighted by molar-refractivity contribution is 0.610. The van der Waals surface area contributed by atoms with E-state index in [4.69, 9.17) is 0 Å². The fourth-order valence-electron chi connectivity index (χ4n) is 2.48. The average molecular weight is 257 g/mol. The summed E-state index contributed by atoms with van der Waals surface area (Å²) < 4.78 is 2.26. The van der Waals surface area contributed by atoms with Crippen molar-refractivity contribution >= 4 is 5.82 Å². The number of fused-ring (bicyclic) bond motifs is 1. The van der Waals surface area contributed by atoms with Gasteiger partial charge in [0.25, 0.3) is 0 Å². The molecule has 0 atom stereocenters. The molecule has 5 nitrogen and oxygen atoms in total. The third kappa shape index (κ3) is 2.75. The monoisotopic (exact) mass is 257 g/mol. The highest BCUT2D eigenvalue weighted by Gasteiger charge is 2.14. The molecule has 0 unspecified atom stereocenters. The van der Waals surface area contributed by atoms with E-state index in [9.17, 15) is 0 Å². The first-order valence-corrected chi connectivity index (χ1v) is 6.90. The summed E-state index contributed by atoms with van der Waals surface area (Å²) in [6, 6.07) is 4.04. The molecule has 2 aromatic heterocycles. The summed E-state index contributed by atoms with van der Waals surface area (Å²) in [6.07, 6.45) is 6.61. The van der Waals surface area contributed by atoms with Gasteiger partial charge in [-0.1, -0.05) is 6.42 Å². The Labute approximate surface area is 113 Å². The van der Waals surface area contributed by atoms with Gasteiger partial charge >= 0.3 is 0 Å². The van der Waals surface area contributed by atoms with Gasteiger partial charge in [0.2, 0.25) is 0 Å². The largest absolute Gasteiger partial charge is 0.363 e. The molecule has 0 saturated carbocycles. The van der Waals surface area contributed by atoms with E-state index in [1.54, 1.807) is 0 Å². The van der Waals surface area contributed by atoms with Gasteiger partial charge in [-0.05, 0) is 37.5 Å². The lowest BCUT2D eigenvalue weighted by Crippen LogP contribution is -2.10. The molecule has 0 amide bonds. The summed E-state index contributed by atoms with van der Waals surface area (Å²) in [7, 11) is 0. The maximum Gasteiger partial charge on any atom is 0.152 e. The predicted molar refractivity (Wildman–Crippen MR) is 73.9 cm³/mol. The molecule has 0 bridgehead atoms. The van der Waals surface area contributed by atoms with Gasteiger partial charge in [-0.25, -0.2) is 4.98 Å². The second-order valence-corrected chi connectivity index (χ2v) is 5.07. The van der Waals surface area contributed by atoms with Crippen molar-refractivity contribution in [2.24, 2.45) is 0 Å². The maximum absolute atomic E-state index is 4.30. The molecule has 3 rings (SSSR count). The number of hydrogen-bond acceptors (Lipinski definition) is 4. The van der Waals surface area contributed by atoms with Gasteiger partial charge in [0.1, 0.15) is 11.6 Å². The first-order chi connectivity index (χ1) is 9.33. The van der Waals surface area contributed by atoms with Crippen molar-refractivity contribution < 1.29 is 0 Å². The standard InChI is InChI=1S/C14H19N5/c1-11-6-7-15-12(9-11)16-10-14-18-17-13-5-3-2-4-8-19(13)14/h6-7,9H,2-5,8,10H2,1H3,(H,15,16). The molecule has 2 aromatic rings. The van der Waals surface area contributed by atoms with E-state index in [0.29, 0.717) is 6.54 Å². The van der Waals surface area contributed by atoms with E-state index < -0.39 is 0 Å². The highest BCUT2D eigenvalue weighted by molar-refractivity contribution is 5.37. The lowest BCUT2D eigenvalue weighted by atomic mass is 10.2. The molecule has 1 aliphatic heterocycles. The molecule has 0 aliphatic carbocycles. The number of aryl methyl sites for hydroxylation is 2. The Morgan fingerprint density at radius 2 is 2.21 bits per heavy atom. The molecule has 1 aliphatic rings. The maximum atomic E-state index is 4.30. The summed E-state index contributed by atoms with van der Waals surface area (Å²) in [6.45, 7) is 3.79. The fourth-order valence-corrected chi connectivity index (χ4v) is 2.48. The average Bonchev–Trinajstić information content (AvgIpc) is 2.64. The van der Waals surface area contributed by atoms with Crippen LogP contribution in [0.15, 0.2) is 18.3 Å². The predicted octanol–water partition coefficient (Wildman–Crippen LogP) is 2.32. The normalized spacial score (nSPS) is 14.8. The zero-order valence-corrected chi connectivity index (χ0v) is 11.3. The molecule has 0 aromatic carbocycles. The number of rotatable bonds is 3. The van der Waals surface area contributed by atoms with E-state index in [-0.39, 0.29) is 0 Å². The smallest absolute Gasteiger partial charge is 0.152 e. The molecule has 0 fully saturated rings. The second-order valence-electron chi connectivity index (χ2n) is 5.07. The van der Waals surface area contributed by atoms with Crippen LogP contribution in [0.2, 0.25) is 0 Å². The van der Waals surface area contributed by atoms with Crippen LogP contribution in [0, 0.1) is 6.92 Å². The van der Waals surface area contributed by atoms with Crippen molar-refractivity contribution in [1.82, 2.24) is 19.7 Å². The molecule has 0 saturated heterocycles. The van der Waals surface area contributed by atoms with Crippen LogP contribution in [0.4, 0.5) is 5.82 Å². The lowest BCUT2D eigenvalue weighted by Gasteiger charge is -2.08. The number of anilines is 1. The van der Waals surface area contributed by atoms with Gasteiger partial charge in [-0.3, -0.25) is 0 Å². The molecule has 19 heavy (non-hydrogen) atoms. The highest BCUT2D eigenvalue weighted by atomic mass is 15.3. The molecule has 0 radical (unpaired) electrons. The summed E-state index contributed by atoms with van der Waals surface area (Å²) in [4.78, 5) is 4.30. The van der Waals surface area contributed by atoms with E-state index in [1.807, 2.05) is 18.3 Å². The number of pyridine rings is 1. The van der Waals surface area contributed by atoms with Crippen molar-refractivity contribution in [3.63, 3.8) is 0 Å². The zero-order chi connectivity index (χ0) is 13.1. The SMILES string of the molecule is Cc1ccnc(NCc2nnc3n2CCCCC3)c1. The van der Waals surface area contributed by atoms with Crippen LogP contribution in [0.25, 0.3) is 0 Å². The first kappa shape index (κ1) is 12.1. The van der Waals surface area contributed by atoms with E-state index in [0.717, 1.165) is 30.4 Å². The molecule has 0 spiro atoms. The third-order valence-electron chi connectivity index (χ3n) is 3.53. The third-order valence-corrected chi connectivity index (χ3v) is 3.53. The van der Waals surface area contributed by atoms with Crippen LogP contribution in [-0.4, -0.2) is 19.7 Å². The van der Waals surface area contributed by atoms with Crippen molar-refractivity contribution in [1.29, 1.82) is 0 Å². The Hall–Kier alpha value is -1.91. The molecule has 100 valence electrons. The molecular weight excluding hydrogens is 238 g/mol. The minimum Gasteiger partial charge on any atom is -0.363 e. The minimum atomic E-state index is 0.684. The highest BCUT2D eigenvalue weighted by Crippen LogP contribution is 2.15. The van der Waals surface area contributed by atoms with Crippen molar-refractivity contribution in [2.75, 3.05) is 5.32 Å². The van der Waals surface area contributed by atoms with E-state index in [2.05, 4.69) is 32.0 Å². The van der Waals surface area contributed by atoms with Crippen LogP contribution in [0.1, 0.15) is 36.5 Å². The molecule has 1 N–H and O–H groups in total. The van der Waals surface area contributed by atoms with Gasteiger partial charge in [-0.2, -0.15) is 0 Å². The van der Waals surface area contributed by atoms with Gasteiger partial charge in [0, 0.05) is 19.2 Å². The van der Waals surface area contributed by atoms with Crippen molar-refractivity contribution in [3.8, 4) is 0 Å². The number of hydrogen-bond donors (Lipinski definition) is 1. The molecule has 3 heterocycles. The quantitative estimate of drug-likeness (QED) is 0.916. The summed E-state index contributed by atoms with van der Waals surface area (Å²) in [5.41, 5.74) is 1.21. The minimum absolute atomic E-state index is 0.684. The van der Waals surface area contributed by atoms with Crippen LogP contribution in [-0.2, 0) is 19.5 Å². The summed E-state index contributed by atoms with van der Waals surface area (Å²) in [5.74, 6) is 3.04. The van der Waals surface area contributed by atoms with Crippen LogP contribution in [0.3, 0.4) is 0 Å². The fraction of sp³-hybridized carbons (Fsp3) is 0.500. The zero-order valence-electron chi connectivity index (χ0n) is 11.3. The van der Waals surface area contributed by atoms with E-state index >= 15 is 0 Å². The Morgan fingerprint density at radius 1 is 1.26 bits per heavy atom. The Bertz CT molecular complexity index is 561. The number of nitrogens with zero attached hydrogens (tertiary/aromatic N) is 4. The van der Waals surface area contributed by atoms with Gasteiger partial charge in [0.05, 0.1) is 6.54 Å². The topological polar surface area (TPSA) is 55.6 Å². The van der Waals surface area contributed by atoms with Gasteiger partial charge in [-0.15, -0.1) is 10.2 Å². The van der Waals surface area contributed by atoms with E-state index in [1.165, 1.54) is 24.8 Å². The Kier molecular flexibility index (Phi) is 3.44. The van der Waals surface area contributed by atoms with Crippen LogP contribution >= 0.6 is 0 Å². The first-order valence-electron chi connectivity index (χ1n) is 6.90. The molecule has 5 heteroatoms. The van der Waals surface area contributed by atoms with Gasteiger partial charge in [0.15, 0.2) is 5.82 Å². The number of aromatic nitrogens is 4. The van der Waals surface area contributed by atoms with Crippen molar-refractivity contribution in [3.05, 3.63) is 35.5 Å². The summed E-state index contributed by atoms with van der Waals surface area (Å²) in [5, 5.41) is 11.9. The number of nitrogens with one attached hydrogen (secondary N) is 1. The summed E-state index contributed by atoms with van der Waals surface area (Å²) >= 11 is 0. The van der Waals surface area contributed by atoms with Crippen LogP contribution < -0.4 is 5.32 Å². The van der Waals surface area contributed by atoms with Gasteiger partial charge < -0.3 is 9.88 Å².